The molecule has 0 amide bonds. The van der Waals surface area contributed by atoms with Crippen molar-refractivity contribution in [3.63, 3.8) is 0 Å². The lowest BCUT2D eigenvalue weighted by atomic mass is 10.2. The van der Waals surface area contributed by atoms with Crippen molar-refractivity contribution in [3.8, 4) is 0 Å². The third kappa shape index (κ3) is 2.17. The van der Waals surface area contributed by atoms with Crippen LogP contribution in [0.25, 0.3) is 0 Å². The summed E-state index contributed by atoms with van der Waals surface area (Å²) in [6.45, 7) is 0. The number of methoxy groups -OCH3 is 1. The molecule has 62 valence electrons. The quantitative estimate of drug-likeness (QED) is 0.578. The molecule has 1 aliphatic carbocycles. The van der Waals surface area contributed by atoms with Gasteiger partial charge in [-0.1, -0.05) is 6.08 Å². The standard InChI is InChI=1S/C7H10O3S/c1-10-6-2-4-7(5-3-6)11(8)9/h2-4,7H,5H2,1H3,(H,8,9)/p-1. The Balaban J connectivity index is 2.57. The van der Waals surface area contributed by atoms with Gasteiger partial charge in [0.15, 0.2) is 0 Å². The fraction of sp³-hybridized carbons (Fsp3) is 0.429. The van der Waals surface area contributed by atoms with Gasteiger partial charge in [-0.25, -0.2) is 0 Å². The van der Waals surface area contributed by atoms with E-state index in [4.69, 9.17) is 4.74 Å². The maximum Gasteiger partial charge on any atom is 0.114 e. The third-order valence-corrected chi connectivity index (χ3v) is 2.35. The van der Waals surface area contributed by atoms with Crippen LogP contribution in [0, 0.1) is 0 Å². The number of hydrogen-bond donors (Lipinski definition) is 0. The Labute approximate surface area is 68.0 Å². The molecule has 3 nitrogen and oxygen atoms in total. The summed E-state index contributed by atoms with van der Waals surface area (Å²) in [6.07, 6.45) is 5.57. The molecule has 0 heterocycles. The lowest BCUT2D eigenvalue weighted by molar-refractivity contribution is 0.303. The van der Waals surface area contributed by atoms with Gasteiger partial charge in [-0.15, -0.1) is 0 Å². The van der Waals surface area contributed by atoms with Crippen LogP contribution in [0.15, 0.2) is 24.0 Å². The van der Waals surface area contributed by atoms with E-state index in [2.05, 4.69) is 0 Å². The highest BCUT2D eigenvalue weighted by atomic mass is 32.2. The predicted octanol–water partition coefficient (Wildman–Crippen LogP) is 0.724. The molecule has 0 aromatic rings. The Bertz CT molecular complexity index is 220. The molecule has 0 aromatic heterocycles. The van der Waals surface area contributed by atoms with E-state index in [1.165, 1.54) is 0 Å². The Morgan fingerprint density at radius 3 is 2.91 bits per heavy atom. The fourth-order valence-electron chi connectivity index (χ4n) is 0.875. The number of allylic oxidation sites excluding steroid dienone is 2. The van der Waals surface area contributed by atoms with Crippen LogP contribution in [-0.4, -0.2) is 21.1 Å². The lowest BCUT2D eigenvalue weighted by Crippen LogP contribution is -2.13. The van der Waals surface area contributed by atoms with Crippen LogP contribution >= 0.6 is 0 Å². The van der Waals surface area contributed by atoms with Crippen LogP contribution in [0.2, 0.25) is 0 Å². The van der Waals surface area contributed by atoms with Crippen molar-refractivity contribution in [1.29, 1.82) is 0 Å². The van der Waals surface area contributed by atoms with E-state index in [0.717, 1.165) is 5.76 Å². The van der Waals surface area contributed by atoms with Crippen LogP contribution in [0.5, 0.6) is 0 Å². The molecule has 0 aromatic carbocycles. The Morgan fingerprint density at radius 2 is 2.55 bits per heavy atom. The van der Waals surface area contributed by atoms with Crippen molar-refractivity contribution in [1.82, 2.24) is 0 Å². The third-order valence-electron chi connectivity index (χ3n) is 1.51. The predicted molar refractivity (Wildman–Crippen MR) is 41.6 cm³/mol. The van der Waals surface area contributed by atoms with E-state index in [1.807, 2.05) is 0 Å². The van der Waals surface area contributed by atoms with Crippen LogP contribution < -0.4 is 0 Å². The molecule has 1 rings (SSSR count). The average molecular weight is 173 g/mol. The van der Waals surface area contributed by atoms with Gasteiger partial charge in [-0.2, -0.15) is 0 Å². The molecule has 0 saturated carbocycles. The first kappa shape index (κ1) is 8.49. The Hall–Kier alpha value is -0.610. The normalized spacial score (nSPS) is 26.0. The van der Waals surface area contributed by atoms with E-state index < -0.39 is 11.1 Å². The van der Waals surface area contributed by atoms with Gasteiger partial charge in [0, 0.05) is 5.25 Å². The molecule has 0 N–H and O–H groups in total. The van der Waals surface area contributed by atoms with Crippen LogP contribution in [-0.2, 0) is 15.8 Å². The summed E-state index contributed by atoms with van der Waals surface area (Å²) < 4.78 is 25.7. The highest BCUT2D eigenvalue weighted by molar-refractivity contribution is 7.80. The molecule has 2 atom stereocenters. The molecule has 0 bridgehead atoms. The summed E-state index contributed by atoms with van der Waals surface area (Å²) in [4.78, 5) is 0. The summed E-state index contributed by atoms with van der Waals surface area (Å²) in [7, 11) is 1.56. The van der Waals surface area contributed by atoms with Crippen molar-refractivity contribution < 1.29 is 13.5 Å². The molecule has 11 heavy (non-hydrogen) atoms. The highest BCUT2D eigenvalue weighted by Gasteiger charge is 2.08. The van der Waals surface area contributed by atoms with E-state index >= 15 is 0 Å². The van der Waals surface area contributed by atoms with Gasteiger partial charge in [0.2, 0.25) is 0 Å². The van der Waals surface area contributed by atoms with Gasteiger partial charge in [0.05, 0.1) is 7.11 Å². The second-order valence-electron chi connectivity index (χ2n) is 2.20. The summed E-state index contributed by atoms with van der Waals surface area (Å²) in [5.74, 6) is 0.728. The van der Waals surface area contributed by atoms with Gasteiger partial charge in [-0.3, -0.25) is 4.21 Å². The molecule has 0 radical (unpaired) electrons. The average Bonchev–Trinajstić information content (AvgIpc) is 2.05. The summed E-state index contributed by atoms with van der Waals surface area (Å²) >= 11 is -2.01. The minimum absolute atomic E-state index is 0.381. The van der Waals surface area contributed by atoms with Gasteiger partial charge >= 0.3 is 0 Å². The maximum absolute atomic E-state index is 10.4. The summed E-state index contributed by atoms with van der Waals surface area (Å²) in [6, 6.07) is 0. The molecular formula is C7H9O3S-. The van der Waals surface area contributed by atoms with Gasteiger partial charge in [-0.05, 0) is 29.7 Å². The maximum atomic E-state index is 10.4. The zero-order valence-electron chi connectivity index (χ0n) is 6.15. The first-order valence-corrected chi connectivity index (χ1v) is 4.38. The summed E-state index contributed by atoms with van der Waals surface area (Å²) in [5.41, 5.74) is 0. The van der Waals surface area contributed by atoms with E-state index in [0.29, 0.717) is 6.42 Å². The van der Waals surface area contributed by atoms with Crippen LogP contribution in [0.1, 0.15) is 6.42 Å². The topological polar surface area (TPSA) is 49.4 Å². The number of ether oxygens (including phenoxy) is 1. The first-order valence-electron chi connectivity index (χ1n) is 3.24. The second-order valence-corrected chi connectivity index (χ2v) is 3.33. The zero-order valence-corrected chi connectivity index (χ0v) is 6.97. The van der Waals surface area contributed by atoms with Gasteiger partial charge in [0.25, 0.3) is 0 Å². The molecule has 4 heteroatoms. The largest absolute Gasteiger partial charge is 0.772 e. The lowest BCUT2D eigenvalue weighted by Gasteiger charge is -2.17. The van der Waals surface area contributed by atoms with Crippen molar-refractivity contribution in [2.75, 3.05) is 7.11 Å². The molecule has 1 aliphatic rings. The fourth-order valence-corrected chi connectivity index (χ4v) is 1.34. The van der Waals surface area contributed by atoms with Crippen LogP contribution in [0.3, 0.4) is 0 Å². The summed E-state index contributed by atoms with van der Waals surface area (Å²) in [5, 5.41) is -0.381. The van der Waals surface area contributed by atoms with Crippen molar-refractivity contribution >= 4 is 11.1 Å². The van der Waals surface area contributed by atoms with E-state index in [9.17, 15) is 8.76 Å². The van der Waals surface area contributed by atoms with Gasteiger partial charge in [0.1, 0.15) is 5.76 Å². The molecule has 0 aliphatic heterocycles. The monoisotopic (exact) mass is 173 g/mol. The van der Waals surface area contributed by atoms with Crippen molar-refractivity contribution in [2.45, 2.75) is 11.7 Å². The molecule has 0 saturated heterocycles. The van der Waals surface area contributed by atoms with Gasteiger partial charge < -0.3 is 9.29 Å². The van der Waals surface area contributed by atoms with Crippen molar-refractivity contribution in [3.05, 3.63) is 24.0 Å². The Morgan fingerprint density at radius 1 is 1.82 bits per heavy atom. The number of hydrogen-bond acceptors (Lipinski definition) is 3. The highest BCUT2D eigenvalue weighted by Crippen LogP contribution is 2.13. The second kappa shape index (κ2) is 3.69. The van der Waals surface area contributed by atoms with E-state index in [1.54, 1.807) is 25.3 Å². The first-order chi connectivity index (χ1) is 5.24. The van der Waals surface area contributed by atoms with Crippen LogP contribution in [0.4, 0.5) is 0 Å². The molecule has 2 unspecified atom stereocenters. The van der Waals surface area contributed by atoms with Crippen molar-refractivity contribution in [2.24, 2.45) is 0 Å². The smallest absolute Gasteiger partial charge is 0.114 e. The Kier molecular flexibility index (Phi) is 2.84. The SMILES string of the molecule is COC1=CCC(S(=O)[O-])C=C1. The minimum Gasteiger partial charge on any atom is -0.772 e. The molecular weight excluding hydrogens is 164 g/mol. The van der Waals surface area contributed by atoms with E-state index in [-0.39, 0.29) is 5.25 Å². The molecule has 0 spiro atoms. The number of rotatable bonds is 2. The minimum atomic E-state index is -2.01. The zero-order chi connectivity index (χ0) is 8.27. The molecule has 0 fully saturated rings.